The Hall–Kier alpha value is -0.420. The van der Waals surface area contributed by atoms with Gasteiger partial charge in [0.1, 0.15) is 6.54 Å². The molecular formula is C11H24NO3+. The summed E-state index contributed by atoms with van der Waals surface area (Å²) in [4.78, 5) is 5.64. The molecule has 2 N–H and O–H groups in total. The van der Waals surface area contributed by atoms with E-state index in [0.717, 1.165) is 6.54 Å². The van der Waals surface area contributed by atoms with Crippen molar-refractivity contribution in [1.29, 1.82) is 0 Å². The molecule has 0 spiro atoms. The number of nitrogens with zero attached hydrogens (tertiary/aromatic N) is 1. The summed E-state index contributed by atoms with van der Waals surface area (Å²) >= 11 is 0. The number of hydroxylamine groups is 3. The van der Waals surface area contributed by atoms with E-state index in [4.69, 9.17) is 4.84 Å². The fraction of sp³-hybridized carbons (Fsp3) is 0.818. The molecule has 0 saturated heterocycles. The van der Waals surface area contributed by atoms with Gasteiger partial charge in [-0.1, -0.05) is 13.5 Å². The largest absolute Gasteiger partial charge is 0.363 e. The van der Waals surface area contributed by atoms with Gasteiger partial charge < -0.3 is 10.2 Å². The maximum atomic E-state index is 9.77. The molecule has 0 aromatic rings. The Balaban J connectivity index is 4.78. The summed E-state index contributed by atoms with van der Waals surface area (Å²) in [6, 6.07) is 0. The van der Waals surface area contributed by atoms with Gasteiger partial charge in [0.05, 0.1) is 14.1 Å². The average Bonchev–Trinajstić information content (AvgIpc) is 2.14. The van der Waals surface area contributed by atoms with Crippen LogP contribution in [0.1, 0.15) is 27.2 Å². The Kier molecular flexibility index (Phi) is 4.93. The Morgan fingerprint density at radius 1 is 1.40 bits per heavy atom. The maximum Gasteiger partial charge on any atom is 0.199 e. The number of rotatable bonds is 6. The first-order valence-electron chi connectivity index (χ1n) is 5.27. The van der Waals surface area contributed by atoms with Gasteiger partial charge in [0.25, 0.3) is 0 Å². The molecule has 4 nitrogen and oxygen atoms in total. The molecule has 0 aromatic heterocycles. The van der Waals surface area contributed by atoms with Crippen LogP contribution in [0, 0.1) is 0 Å². The van der Waals surface area contributed by atoms with Crippen LogP contribution in [0.5, 0.6) is 0 Å². The lowest BCUT2D eigenvalue weighted by atomic mass is 10.0. The van der Waals surface area contributed by atoms with E-state index in [1.807, 2.05) is 21.0 Å². The van der Waals surface area contributed by atoms with Crippen LogP contribution in [0.3, 0.4) is 0 Å². The molecule has 0 bridgehead atoms. The zero-order valence-electron chi connectivity index (χ0n) is 10.4. The predicted octanol–water partition coefficient (Wildman–Crippen LogP) is 1.05. The van der Waals surface area contributed by atoms with E-state index in [2.05, 4.69) is 6.58 Å². The van der Waals surface area contributed by atoms with Crippen LogP contribution in [0.15, 0.2) is 12.2 Å². The zero-order chi connectivity index (χ0) is 12.3. The van der Waals surface area contributed by atoms with Gasteiger partial charge >= 0.3 is 0 Å². The van der Waals surface area contributed by atoms with Gasteiger partial charge in [0, 0.05) is 6.42 Å². The minimum absolute atomic E-state index is 0.203. The topological polar surface area (TPSA) is 49.7 Å². The van der Waals surface area contributed by atoms with Crippen molar-refractivity contribution in [3.63, 3.8) is 0 Å². The number of hydrogen-bond acceptors (Lipinski definition) is 3. The first-order chi connectivity index (χ1) is 6.66. The second-order valence-electron chi connectivity index (χ2n) is 4.45. The van der Waals surface area contributed by atoms with E-state index >= 15 is 0 Å². The van der Waals surface area contributed by atoms with Crippen LogP contribution in [-0.2, 0) is 4.84 Å². The summed E-state index contributed by atoms with van der Waals surface area (Å²) in [6.45, 7) is 9.88. The van der Waals surface area contributed by atoms with E-state index in [1.54, 1.807) is 13.8 Å². The fourth-order valence-corrected chi connectivity index (χ4v) is 1.11. The highest BCUT2D eigenvalue weighted by molar-refractivity contribution is 5.03. The molecule has 4 heteroatoms. The number of aliphatic hydroxyl groups is 2. The van der Waals surface area contributed by atoms with Crippen molar-refractivity contribution >= 4 is 0 Å². The van der Waals surface area contributed by atoms with E-state index in [0.29, 0.717) is 5.57 Å². The van der Waals surface area contributed by atoms with Crippen molar-refractivity contribution in [3.8, 4) is 0 Å². The van der Waals surface area contributed by atoms with Crippen LogP contribution >= 0.6 is 0 Å². The van der Waals surface area contributed by atoms with Gasteiger partial charge in [0.15, 0.2) is 11.9 Å². The maximum absolute atomic E-state index is 9.77. The van der Waals surface area contributed by atoms with Gasteiger partial charge in [-0.3, -0.25) is 0 Å². The van der Waals surface area contributed by atoms with Crippen molar-refractivity contribution in [2.75, 3.05) is 20.6 Å². The van der Waals surface area contributed by atoms with E-state index in [-0.39, 0.29) is 11.1 Å². The molecule has 0 aliphatic carbocycles. The summed E-state index contributed by atoms with van der Waals surface area (Å²) in [6.07, 6.45) is -0.564. The molecule has 0 radical (unpaired) electrons. The van der Waals surface area contributed by atoms with Gasteiger partial charge in [-0.05, 0) is 19.4 Å². The summed E-state index contributed by atoms with van der Waals surface area (Å²) in [5.41, 5.74) is 0.613. The van der Waals surface area contributed by atoms with Gasteiger partial charge in [0.2, 0.25) is 0 Å². The lowest BCUT2D eigenvalue weighted by Crippen LogP contribution is -2.52. The zero-order valence-corrected chi connectivity index (χ0v) is 10.4. The molecule has 0 aromatic carbocycles. The van der Waals surface area contributed by atoms with Crippen LogP contribution in [-0.4, -0.2) is 47.4 Å². The minimum atomic E-state index is -1.85. The Labute approximate surface area is 92.3 Å². The molecule has 0 rings (SSSR count). The summed E-state index contributed by atoms with van der Waals surface area (Å²) < 4.78 is 0.264. The Morgan fingerprint density at radius 3 is 2.13 bits per heavy atom. The normalized spacial score (nSPS) is 15.1. The van der Waals surface area contributed by atoms with Crippen molar-refractivity contribution < 1.29 is 19.7 Å². The van der Waals surface area contributed by atoms with Gasteiger partial charge in [-0.25, -0.2) is 0 Å². The first-order valence-corrected chi connectivity index (χ1v) is 5.27. The second-order valence-corrected chi connectivity index (χ2v) is 4.45. The van der Waals surface area contributed by atoms with E-state index in [9.17, 15) is 10.2 Å². The molecule has 0 heterocycles. The van der Waals surface area contributed by atoms with Crippen molar-refractivity contribution in [2.24, 2.45) is 0 Å². The fourth-order valence-electron chi connectivity index (χ4n) is 1.11. The summed E-state index contributed by atoms with van der Waals surface area (Å²) in [5, 5.41) is 19.5. The molecule has 1 atom stereocenters. The average molecular weight is 218 g/mol. The molecule has 1 unspecified atom stereocenters. The van der Waals surface area contributed by atoms with E-state index in [1.165, 1.54) is 0 Å². The molecule has 90 valence electrons. The van der Waals surface area contributed by atoms with Crippen molar-refractivity contribution in [1.82, 2.24) is 0 Å². The molecule has 15 heavy (non-hydrogen) atoms. The Bertz CT molecular complexity index is 224. The molecule has 0 amide bonds. The highest BCUT2D eigenvalue weighted by Crippen LogP contribution is 2.23. The third-order valence-corrected chi connectivity index (χ3v) is 2.54. The lowest BCUT2D eigenvalue weighted by molar-refractivity contribution is -1.08. The van der Waals surface area contributed by atoms with Crippen LogP contribution < -0.4 is 0 Å². The van der Waals surface area contributed by atoms with Crippen molar-refractivity contribution in [2.45, 2.75) is 39.1 Å². The number of hydrogen-bond donors (Lipinski definition) is 2. The highest BCUT2D eigenvalue weighted by atomic mass is 16.7. The second kappa shape index (κ2) is 5.07. The Morgan fingerprint density at radius 2 is 1.87 bits per heavy atom. The summed E-state index contributed by atoms with van der Waals surface area (Å²) in [5.74, 6) is -1.85. The molecular weight excluding hydrogens is 194 g/mol. The van der Waals surface area contributed by atoms with Crippen LogP contribution in [0.4, 0.5) is 0 Å². The van der Waals surface area contributed by atoms with Crippen LogP contribution in [0.2, 0.25) is 0 Å². The third-order valence-electron chi connectivity index (χ3n) is 2.54. The first kappa shape index (κ1) is 14.6. The standard InChI is InChI=1S/C11H24NO3/c1-7-11(13,14)10(9(3)4)15-12(5,6)8-2/h10,13-14H,3,7-8H2,1-2,4-6H3/q+1. The SMILES string of the molecule is C=C(C)C(O[N+](C)(C)CC)C(O)(O)CC. The smallest absolute Gasteiger partial charge is 0.199 e. The van der Waals surface area contributed by atoms with Gasteiger partial charge in [-0.2, -0.15) is 9.48 Å². The monoisotopic (exact) mass is 218 g/mol. The van der Waals surface area contributed by atoms with Crippen molar-refractivity contribution in [3.05, 3.63) is 12.2 Å². The third kappa shape index (κ3) is 4.30. The minimum Gasteiger partial charge on any atom is -0.363 e. The molecule has 0 aliphatic rings. The van der Waals surface area contributed by atoms with E-state index < -0.39 is 11.9 Å². The molecule has 0 fully saturated rings. The lowest BCUT2D eigenvalue weighted by Gasteiger charge is -2.36. The molecule has 0 aliphatic heterocycles. The van der Waals surface area contributed by atoms with Gasteiger partial charge in [-0.15, -0.1) is 0 Å². The summed E-state index contributed by atoms with van der Waals surface area (Å²) in [7, 11) is 3.73. The predicted molar refractivity (Wildman–Crippen MR) is 59.8 cm³/mol. The van der Waals surface area contributed by atoms with Crippen LogP contribution in [0.25, 0.3) is 0 Å². The number of quaternary nitrogens is 1. The molecule has 0 saturated carbocycles. The quantitative estimate of drug-likeness (QED) is 0.303. The highest BCUT2D eigenvalue weighted by Gasteiger charge is 2.39.